The summed E-state index contributed by atoms with van der Waals surface area (Å²) in [5.41, 5.74) is -0.610. The van der Waals surface area contributed by atoms with Crippen LogP contribution in [-0.4, -0.2) is 50.1 Å². The molecule has 0 spiro atoms. The SMILES string of the molecule is CNCCCN(C)CC(=O)NC1(C#N)CCCCC1. The fraction of sp³-hybridized carbons (Fsp3) is 0.857. The van der Waals surface area contributed by atoms with Crippen LogP contribution in [0.5, 0.6) is 0 Å². The number of hydrogen-bond acceptors (Lipinski definition) is 4. The lowest BCUT2D eigenvalue weighted by molar-refractivity contribution is -0.123. The minimum absolute atomic E-state index is 0.0320. The topological polar surface area (TPSA) is 68.2 Å². The predicted molar refractivity (Wildman–Crippen MR) is 75.6 cm³/mol. The van der Waals surface area contributed by atoms with Crippen LogP contribution in [0, 0.1) is 11.3 Å². The minimum atomic E-state index is -0.610. The van der Waals surface area contributed by atoms with Crippen LogP contribution in [0.2, 0.25) is 0 Å². The van der Waals surface area contributed by atoms with Gasteiger partial charge in [0.25, 0.3) is 0 Å². The van der Waals surface area contributed by atoms with E-state index in [9.17, 15) is 10.1 Å². The number of hydrogen-bond donors (Lipinski definition) is 2. The van der Waals surface area contributed by atoms with E-state index in [-0.39, 0.29) is 5.91 Å². The number of rotatable bonds is 7. The second-order valence-corrected chi connectivity index (χ2v) is 5.50. The van der Waals surface area contributed by atoms with Crippen molar-refractivity contribution in [3.05, 3.63) is 0 Å². The molecule has 0 atom stereocenters. The van der Waals surface area contributed by atoms with Gasteiger partial charge in [-0.15, -0.1) is 0 Å². The molecule has 5 nitrogen and oxygen atoms in total. The summed E-state index contributed by atoms with van der Waals surface area (Å²) in [6, 6.07) is 2.31. The third-order valence-corrected chi connectivity index (χ3v) is 3.68. The molecule has 1 aliphatic carbocycles. The average molecular weight is 266 g/mol. The first-order valence-corrected chi connectivity index (χ1v) is 7.17. The van der Waals surface area contributed by atoms with Crippen molar-refractivity contribution in [3.8, 4) is 6.07 Å². The van der Waals surface area contributed by atoms with Crippen molar-refractivity contribution in [1.29, 1.82) is 5.26 Å². The summed E-state index contributed by atoms with van der Waals surface area (Å²) in [5.74, 6) is -0.0320. The van der Waals surface area contributed by atoms with Crippen molar-refractivity contribution in [3.63, 3.8) is 0 Å². The fourth-order valence-corrected chi connectivity index (χ4v) is 2.58. The van der Waals surface area contributed by atoms with Crippen LogP contribution >= 0.6 is 0 Å². The van der Waals surface area contributed by atoms with Gasteiger partial charge in [0.05, 0.1) is 12.6 Å². The Morgan fingerprint density at radius 2 is 2.05 bits per heavy atom. The third kappa shape index (κ3) is 5.58. The highest BCUT2D eigenvalue weighted by Gasteiger charge is 2.33. The molecule has 5 heteroatoms. The van der Waals surface area contributed by atoms with Gasteiger partial charge >= 0.3 is 0 Å². The lowest BCUT2D eigenvalue weighted by atomic mass is 9.83. The summed E-state index contributed by atoms with van der Waals surface area (Å²) in [5, 5.41) is 15.3. The van der Waals surface area contributed by atoms with E-state index in [1.807, 2.05) is 19.0 Å². The second kappa shape index (κ2) is 8.13. The Bertz CT molecular complexity index is 318. The van der Waals surface area contributed by atoms with E-state index in [0.717, 1.165) is 45.2 Å². The van der Waals surface area contributed by atoms with Gasteiger partial charge in [-0.05, 0) is 46.4 Å². The molecular weight excluding hydrogens is 240 g/mol. The van der Waals surface area contributed by atoms with E-state index in [1.54, 1.807) is 0 Å². The molecule has 1 saturated carbocycles. The molecule has 1 aliphatic rings. The zero-order valence-corrected chi connectivity index (χ0v) is 12.2. The highest BCUT2D eigenvalue weighted by molar-refractivity contribution is 5.79. The molecule has 0 unspecified atom stereocenters. The van der Waals surface area contributed by atoms with Gasteiger partial charge in [-0.1, -0.05) is 19.3 Å². The number of amides is 1. The maximum atomic E-state index is 12.0. The molecule has 1 rings (SSSR count). The Morgan fingerprint density at radius 1 is 1.37 bits per heavy atom. The van der Waals surface area contributed by atoms with Gasteiger partial charge in [0.15, 0.2) is 0 Å². The summed E-state index contributed by atoms with van der Waals surface area (Å²) in [7, 11) is 3.86. The molecule has 0 aromatic carbocycles. The van der Waals surface area contributed by atoms with Gasteiger partial charge in [-0.3, -0.25) is 9.69 Å². The van der Waals surface area contributed by atoms with Crippen molar-refractivity contribution >= 4 is 5.91 Å². The Balaban J connectivity index is 2.34. The van der Waals surface area contributed by atoms with Crippen molar-refractivity contribution in [2.24, 2.45) is 0 Å². The molecule has 108 valence electrons. The Hall–Kier alpha value is -1.12. The van der Waals surface area contributed by atoms with E-state index in [0.29, 0.717) is 6.54 Å². The van der Waals surface area contributed by atoms with Gasteiger partial charge in [-0.25, -0.2) is 0 Å². The first kappa shape index (κ1) is 15.9. The molecule has 0 heterocycles. The molecule has 0 bridgehead atoms. The standard InChI is InChI=1S/C14H26N4O/c1-16-9-6-10-18(2)11-13(19)17-14(12-15)7-4-3-5-8-14/h16H,3-11H2,1-2H3,(H,17,19). The zero-order chi connectivity index (χ0) is 14.1. The second-order valence-electron chi connectivity index (χ2n) is 5.50. The summed E-state index contributed by atoms with van der Waals surface area (Å²) in [6.07, 6.45) is 5.84. The smallest absolute Gasteiger partial charge is 0.235 e. The summed E-state index contributed by atoms with van der Waals surface area (Å²) < 4.78 is 0. The van der Waals surface area contributed by atoms with E-state index in [2.05, 4.69) is 16.7 Å². The van der Waals surface area contributed by atoms with Crippen LogP contribution in [0.3, 0.4) is 0 Å². The number of carbonyl (C=O) groups excluding carboxylic acids is 1. The van der Waals surface area contributed by atoms with E-state index < -0.39 is 5.54 Å². The lowest BCUT2D eigenvalue weighted by Gasteiger charge is -2.32. The van der Waals surface area contributed by atoms with Crippen molar-refractivity contribution < 1.29 is 4.79 Å². The Kier molecular flexibility index (Phi) is 6.82. The Morgan fingerprint density at radius 3 is 2.63 bits per heavy atom. The molecule has 0 aromatic heterocycles. The maximum absolute atomic E-state index is 12.0. The number of likely N-dealkylation sites (N-methyl/N-ethyl adjacent to an activating group) is 1. The van der Waals surface area contributed by atoms with E-state index in [4.69, 9.17) is 0 Å². The van der Waals surface area contributed by atoms with E-state index in [1.165, 1.54) is 6.42 Å². The quantitative estimate of drug-likeness (QED) is 0.671. The summed E-state index contributed by atoms with van der Waals surface area (Å²) in [4.78, 5) is 14.0. The molecule has 0 saturated heterocycles. The maximum Gasteiger partial charge on any atom is 0.235 e. The molecular formula is C14H26N4O. The van der Waals surface area contributed by atoms with Crippen molar-refractivity contribution in [2.45, 2.75) is 44.1 Å². The van der Waals surface area contributed by atoms with Crippen LogP contribution in [0.15, 0.2) is 0 Å². The van der Waals surface area contributed by atoms with Crippen LogP contribution in [0.25, 0.3) is 0 Å². The molecule has 1 amide bonds. The highest BCUT2D eigenvalue weighted by Crippen LogP contribution is 2.27. The van der Waals surface area contributed by atoms with Crippen LogP contribution in [0.1, 0.15) is 38.5 Å². The number of carbonyl (C=O) groups is 1. The van der Waals surface area contributed by atoms with Crippen molar-refractivity contribution in [1.82, 2.24) is 15.5 Å². The van der Waals surface area contributed by atoms with Gasteiger partial charge in [-0.2, -0.15) is 5.26 Å². The van der Waals surface area contributed by atoms with E-state index >= 15 is 0 Å². The average Bonchev–Trinajstić information content (AvgIpc) is 2.40. The monoisotopic (exact) mass is 266 g/mol. The molecule has 2 N–H and O–H groups in total. The van der Waals surface area contributed by atoms with Gasteiger partial charge < -0.3 is 10.6 Å². The first-order chi connectivity index (χ1) is 9.12. The van der Waals surface area contributed by atoms with Gasteiger partial charge in [0.1, 0.15) is 5.54 Å². The highest BCUT2D eigenvalue weighted by atomic mass is 16.2. The molecule has 0 radical (unpaired) electrons. The fourth-order valence-electron chi connectivity index (χ4n) is 2.58. The summed E-state index contributed by atoms with van der Waals surface area (Å²) in [6.45, 7) is 2.20. The summed E-state index contributed by atoms with van der Waals surface area (Å²) >= 11 is 0. The van der Waals surface area contributed by atoms with Crippen LogP contribution in [-0.2, 0) is 4.79 Å². The third-order valence-electron chi connectivity index (χ3n) is 3.68. The first-order valence-electron chi connectivity index (χ1n) is 7.17. The number of nitriles is 1. The molecule has 0 aliphatic heterocycles. The molecule has 19 heavy (non-hydrogen) atoms. The van der Waals surface area contributed by atoms with Crippen LogP contribution in [0.4, 0.5) is 0 Å². The van der Waals surface area contributed by atoms with Gasteiger partial charge in [0.2, 0.25) is 5.91 Å². The van der Waals surface area contributed by atoms with Gasteiger partial charge in [0, 0.05) is 0 Å². The lowest BCUT2D eigenvalue weighted by Crippen LogP contribution is -2.51. The normalized spacial score (nSPS) is 18.0. The number of nitrogens with zero attached hydrogens (tertiary/aromatic N) is 2. The predicted octanol–water partition coefficient (Wildman–Crippen LogP) is 0.870. The molecule has 0 aromatic rings. The molecule has 1 fully saturated rings. The zero-order valence-electron chi connectivity index (χ0n) is 12.2. The minimum Gasteiger partial charge on any atom is -0.337 e. The van der Waals surface area contributed by atoms with Crippen LogP contribution < -0.4 is 10.6 Å². The number of nitrogens with one attached hydrogen (secondary N) is 2. The largest absolute Gasteiger partial charge is 0.337 e. The van der Waals surface area contributed by atoms with Crippen molar-refractivity contribution in [2.75, 3.05) is 33.7 Å². The Labute approximate surface area is 116 Å².